The highest BCUT2D eigenvalue weighted by atomic mass is 35.5. The Balaban J connectivity index is 1.33. The van der Waals surface area contributed by atoms with Crippen molar-refractivity contribution < 1.29 is 9.59 Å². The number of rotatable bonds is 7. The summed E-state index contributed by atoms with van der Waals surface area (Å²) in [7, 11) is 0. The van der Waals surface area contributed by atoms with Crippen LogP contribution in [0.1, 0.15) is 65.4 Å². The van der Waals surface area contributed by atoms with Crippen LogP contribution in [0.3, 0.4) is 0 Å². The van der Waals surface area contributed by atoms with E-state index in [1.165, 1.54) is 24.6 Å². The van der Waals surface area contributed by atoms with Crippen molar-refractivity contribution in [3.63, 3.8) is 0 Å². The van der Waals surface area contributed by atoms with Crippen LogP contribution in [0.25, 0.3) is 11.4 Å². The van der Waals surface area contributed by atoms with Crippen molar-refractivity contribution in [2.24, 2.45) is 0 Å². The Morgan fingerprint density at radius 1 is 1.09 bits per heavy atom. The van der Waals surface area contributed by atoms with E-state index in [0.29, 0.717) is 22.3 Å². The summed E-state index contributed by atoms with van der Waals surface area (Å²) in [4.78, 5) is 30.3. The molecule has 0 spiro atoms. The molecule has 3 aromatic rings. The zero-order valence-corrected chi connectivity index (χ0v) is 19.9. The van der Waals surface area contributed by atoms with Crippen molar-refractivity contribution in [3.05, 3.63) is 52.8 Å². The van der Waals surface area contributed by atoms with Crippen molar-refractivity contribution in [2.45, 2.75) is 49.7 Å². The highest BCUT2D eigenvalue weighted by Crippen LogP contribution is 2.38. The van der Waals surface area contributed by atoms with Gasteiger partial charge in [-0.1, -0.05) is 48.3 Å². The SMILES string of the molecule is O=C(CSc1nnc(-c2ccccc2Cl)n1C1CCCC1)c1c[nH]c(C(=O)N2CCCC2)c1. The number of ketones is 1. The summed E-state index contributed by atoms with van der Waals surface area (Å²) in [6.07, 6.45) is 8.17. The van der Waals surface area contributed by atoms with Gasteiger partial charge in [-0.25, -0.2) is 0 Å². The van der Waals surface area contributed by atoms with Gasteiger partial charge < -0.3 is 9.88 Å². The number of hydrogen-bond acceptors (Lipinski definition) is 5. The van der Waals surface area contributed by atoms with Gasteiger partial charge in [-0.2, -0.15) is 0 Å². The molecule has 1 N–H and O–H groups in total. The van der Waals surface area contributed by atoms with Crippen molar-refractivity contribution in [1.82, 2.24) is 24.6 Å². The summed E-state index contributed by atoms with van der Waals surface area (Å²) in [5, 5.41) is 10.2. The molecule has 172 valence electrons. The number of H-pyrrole nitrogens is 1. The molecule has 33 heavy (non-hydrogen) atoms. The van der Waals surface area contributed by atoms with E-state index in [1.54, 1.807) is 12.3 Å². The van der Waals surface area contributed by atoms with Crippen LogP contribution in [0.2, 0.25) is 5.02 Å². The van der Waals surface area contributed by atoms with Gasteiger partial charge in [0.25, 0.3) is 5.91 Å². The van der Waals surface area contributed by atoms with Gasteiger partial charge in [-0.3, -0.25) is 14.2 Å². The molecular formula is C24H26ClN5O2S. The minimum absolute atomic E-state index is 0.0374. The summed E-state index contributed by atoms with van der Waals surface area (Å²) in [5.74, 6) is 0.895. The van der Waals surface area contributed by atoms with Gasteiger partial charge in [0.1, 0.15) is 5.69 Å². The third kappa shape index (κ3) is 4.59. The predicted octanol–water partition coefficient (Wildman–Crippen LogP) is 5.25. The number of Topliss-reactive ketones (excluding diaryl/α,β-unsaturated/α-hetero) is 1. The molecule has 2 aromatic heterocycles. The van der Waals surface area contributed by atoms with Crippen molar-refractivity contribution >= 4 is 35.1 Å². The molecule has 2 aliphatic rings. The van der Waals surface area contributed by atoms with Gasteiger partial charge in [0.05, 0.1) is 10.8 Å². The first kappa shape index (κ1) is 22.2. The molecule has 0 unspecified atom stereocenters. The summed E-state index contributed by atoms with van der Waals surface area (Å²) < 4.78 is 2.16. The molecule has 0 radical (unpaired) electrons. The molecule has 2 fully saturated rings. The average molecular weight is 484 g/mol. The van der Waals surface area contributed by atoms with Crippen LogP contribution >= 0.6 is 23.4 Å². The maximum atomic E-state index is 12.9. The predicted molar refractivity (Wildman–Crippen MR) is 129 cm³/mol. The van der Waals surface area contributed by atoms with E-state index >= 15 is 0 Å². The number of carbonyl (C=O) groups is 2. The fourth-order valence-corrected chi connectivity index (χ4v) is 5.80. The number of benzene rings is 1. The number of carbonyl (C=O) groups excluding carboxylic acids is 2. The van der Waals surface area contributed by atoms with Gasteiger partial charge in [0.2, 0.25) is 0 Å². The van der Waals surface area contributed by atoms with Crippen LogP contribution in [0.15, 0.2) is 41.7 Å². The van der Waals surface area contributed by atoms with Crippen molar-refractivity contribution in [1.29, 1.82) is 0 Å². The van der Waals surface area contributed by atoms with Crippen LogP contribution in [-0.2, 0) is 0 Å². The van der Waals surface area contributed by atoms with E-state index in [1.807, 2.05) is 29.2 Å². The monoisotopic (exact) mass is 483 g/mol. The maximum absolute atomic E-state index is 12.9. The Bertz CT molecular complexity index is 1160. The number of aromatic amines is 1. The van der Waals surface area contributed by atoms with Gasteiger partial charge in [-0.05, 0) is 43.9 Å². The van der Waals surface area contributed by atoms with Gasteiger partial charge in [-0.15, -0.1) is 10.2 Å². The smallest absolute Gasteiger partial charge is 0.270 e. The average Bonchev–Trinajstić information content (AvgIpc) is 3.63. The highest BCUT2D eigenvalue weighted by Gasteiger charge is 2.27. The quantitative estimate of drug-likeness (QED) is 0.366. The standard InChI is InChI=1S/C24H26ClN5O2S/c25-19-10-4-3-9-18(19)22-27-28-24(30(22)17-7-1-2-8-17)33-15-21(31)16-13-20(26-14-16)23(32)29-11-5-6-12-29/h3-4,9-10,13-14,17,26H,1-2,5-8,11-12,15H2. The third-order valence-electron chi connectivity index (χ3n) is 6.43. The van der Waals surface area contributed by atoms with E-state index in [9.17, 15) is 9.59 Å². The van der Waals surface area contributed by atoms with E-state index < -0.39 is 0 Å². The summed E-state index contributed by atoms with van der Waals surface area (Å²) in [6.45, 7) is 1.56. The molecule has 7 nitrogen and oxygen atoms in total. The molecule has 1 saturated carbocycles. The van der Waals surface area contributed by atoms with E-state index in [4.69, 9.17) is 11.6 Å². The van der Waals surface area contributed by atoms with Crippen LogP contribution in [0, 0.1) is 0 Å². The number of halogens is 1. The number of thioether (sulfide) groups is 1. The second-order valence-corrected chi connectivity index (χ2v) is 9.96. The fourth-order valence-electron chi connectivity index (χ4n) is 4.68. The zero-order valence-electron chi connectivity index (χ0n) is 18.3. The largest absolute Gasteiger partial charge is 0.356 e. The van der Waals surface area contributed by atoms with E-state index in [0.717, 1.165) is 55.3 Å². The molecule has 1 saturated heterocycles. The number of amides is 1. The van der Waals surface area contributed by atoms with E-state index in [2.05, 4.69) is 19.7 Å². The Morgan fingerprint density at radius 2 is 1.85 bits per heavy atom. The first-order valence-corrected chi connectivity index (χ1v) is 12.8. The van der Waals surface area contributed by atoms with Crippen molar-refractivity contribution in [3.8, 4) is 11.4 Å². The molecular weight excluding hydrogens is 458 g/mol. The lowest BCUT2D eigenvalue weighted by Gasteiger charge is -2.17. The fraction of sp³-hybridized carbons (Fsp3) is 0.417. The molecule has 1 aliphatic heterocycles. The maximum Gasteiger partial charge on any atom is 0.270 e. The number of nitrogens with zero attached hydrogens (tertiary/aromatic N) is 4. The number of hydrogen-bond donors (Lipinski definition) is 1. The summed E-state index contributed by atoms with van der Waals surface area (Å²) >= 11 is 7.84. The molecule has 1 aliphatic carbocycles. The number of aromatic nitrogens is 4. The molecule has 9 heteroatoms. The van der Waals surface area contributed by atoms with Crippen LogP contribution < -0.4 is 0 Å². The van der Waals surface area contributed by atoms with Gasteiger partial charge >= 0.3 is 0 Å². The van der Waals surface area contributed by atoms with Crippen LogP contribution in [0.5, 0.6) is 0 Å². The Morgan fingerprint density at radius 3 is 2.61 bits per heavy atom. The Labute approximate surface area is 201 Å². The molecule has 0 bridgehead atoms. The summed E-state index contributed by atoms with van der Waals surface area (Å²) in [6, 6.07) is 9.62. The van der Waals surface area contributed by atoms with Gasteiger partial charge in [0, 0.05) is 36.5 Å². The third-order valence-corrected chi connectivity index (χ3v) is 7.70. The second kappa shape index (κ2) is 9.73. The lowest BCUT2D eigenvalue weighted by atomic mass is 10.2. The molecule has 1 amide bonds. The van der Waals surface area contributed by atoms with E-state index in [-0.39, 0.29) is 17.4 Å². The van der Waals surface area contributed by atoms with Crippen molar-refractivity contribution in [2.75, 3.05) is 18.8 Å². The first-order chi connectivity index (χ1) is 16.1. The summed E-state index contributed by atoms with van der Waals surface area (Å²) in [5.41, 5.74) is 1.84. The number of nitrogens with one attached hydrogen (secondary N) is 1. The normalized spacial score (nSPS) is 16.6. The van der Waals surface area contributed by atoms with Crippen LogP contribution in [-0.4, -0.2) is 55.2 Å². The van der Waals surface area contributed by atoms with Gasteiger partial charge in [0.15, 0.2) is 16.8 Å². The number of likely N-dealkylation sites (tertiary alicyclic amines) is 1. The second-order valence-electron chi connectivity index (χ2n) is 8.61. The first-order valence-electron chi connectivity index (χ1n) is 11.5. The van der Waals surface area contributed by atoms with Crippen LogP contribution in [0.4, 0.5) is 0 Å². The molecule has 3 heterocycles. The molecule has 1 aromatic carbocycles. The highest BCUT2D eigenvalue weighted by molar-refractivity contribution is 7.99. The lowest BCUT2D eigenvalue weighted by Crippen LogP contribution is -2.27. The lowest BCUT2D eigenvalue weighted by molar-refractivity contribution is 0.0787. The zero-order chi connectivity index (χ0) is 22.8. The molecule has 5 rings (SSSR count). The Hall–Kier alpha value is -2.58. The molecule has 0 atom stereocenters. The minimum atomic E-state index is -0.0445. The minimum Gasteiger partial charge on any atom is -0.356 e. The Kier molecular flexibility index (Phi) is 6.55. The topological polar surface area (TPSA) is 83.9 Å².